The largest absolute Gasteiger partial charge is 0.481 e. The number of nitrogens with zero attached hydrogens (tertiary/aromatic N) is 1. The molecule has 23 heavy (non-hydrogen) atoms. The van der Waals surface area contributed by atoms with E-state index in [-0.39, 0.29) is 24.8 Å². The van der Waals surface area contributed by atoms with Crippen LogP contribution in [-0.2, 0) is 16.0 Å². The zero-order valence-electron chi connectivity index (χ0n) is 13.2. The van der Waals surface area contributed by atoms with Gasteiger partial charge in [-0.1, -0.05) is 35.5 Å². The van der Waals surface area contributed by atoms with E-state index >= 15 is 0 Å². The number of nitrogens with one attached hydrogen (secondary N) is 1. The first kappa shape index (κ1) is 16.7. The third kappa shape index (κ3) is 4.67. The van der Waals surface area contributed by atoms with Crippen LogP contribution >= 0.6 is 0 Å². The summed E-state index contributed by atoms with van der Waals surface area (Å²) < 4.78 is 5.06. The van der Waals surface area contributed by atoms with Gasteiger partial charge in [0.1, 0.15) is 5.76 Å². The van der Waals surface area contributed by atoms with Crippen molar-refractivity contribution in [1.29, 1.82) is 0 Å². The Hall–Kier alpha value is -2.63. The van der Waals surface area contributed by atoms with E-state index < -0.39 is 5.97 Å². The first-order valence-electron chi connectivity index (χ1n) is 7.45. The predicted octanol–water partition coefficient (Wildman–Crippen LogP) is 2.56. The molecule has 0 saturated carbocycles. The molecule has 0 aliphatic heterocycles. The molecule has 1 atom stereocenters. The van der Waals surface area contributed by atoms with E-state index in [1.54, 1.807) is 13.8 Å². The SMILES string of the molecule is Cc1noc(C)c1CC(=O)NC(CCC(=O)O)c1ccccc1. The lowest BCUT2D eigenvalue weighted by molar-refractivity contribution is -0.137. The van der Waals surface area contributed by atoms with Gasteiger partial charge in [0.05, 0.1) is 18.2 Å². The topological polar surface area (TPSA) is 92.4 Å². The Labute approximate surface area is 134 Å². The minimum atomic E-state index is -0.883. The number of aromatic nitrogens is 1. The molecule has 1 unspecified atom stereocenters. The second-order valence-corrected chi connectivity index (χ2v) is 5.44. The summed E-state index contributed by atoms with van der Waals surface area (Å²) in [5, 5.41) is 15.6. The van der Waals surface area contributed by atoms with E-state index in [1.807, 2.05) is 30.3 Å². The number of carboxylic acids is 1. The normalized spacial score (nSPS) is 11.9. The molecular formula is C17H20N2O4. The van der Waals surface area contributed by atoms with Crippen LogP contribution in [0.25, 0.3) is 0 Å². The Morgan fingerprint density at radius 2 is 1.96 bits per heavy atom. The summed E-state index contributed by atoms with van der Waals surface area (Å²) in [7, 11) is 0. The van der Waals surface area contributed by atoms with Gasteiger partial charge in [0.15, 0.2) is 0 Å². The van der Waals surface area contributed by atoms with Crippen LogP contribution in [-0.4, -0.2) is 22.1 Å². The molecule has 2 rings (SSSR count). The van der Waals surface area contributed by atoms with Crippen molar-refractivity contribution in [2.75, 3.05) is 0 Å². The average molecular weight is 316 g/mol. The summed E-state index contributed by atoms with van der Waals surface area (Å²) in [6.45, 7) is 3.56. The molecule has 1 aromatic heterocycles. The number of aryl methyl sites for hydroxylation is 2. The highest BCUT2D eigenvalue weighted by molar-refractivity contribution is 5.79. The molecule has 0 fully saturated rings. The predicted molar refractivity (Wildman–Crippen MR) is 83.9 cm³/mol. The number of benzene rings is 1. The van der Waals surface area contributed by atoms with Crippen LogP contribution in [0.1, 0.15) is 41.5 Å². The molecule has 0 aliphatic rings. The smallest absolute Gasteiger partial charge is 0.303 e. The van der Waals surface area contributed by atoms with Crippen molar-refractivity contribution in [1.82, 2.24) is 10.5 Å². The van der Waals surface area contributed by atoms with E-state index in [4.69, 9.17) is 9.63 Å². The lowest BCUT2D eigenvalue weighted by Crippen LogP contribution is -2.30. The molecule has 0 spiro atoms. The van der Waals surface area contributed by atoms with Crippen LogP contribution in [0.5, 0.6) is 0 Å². The summed E-state index contributed by atoms with van der Waals surface area (Å²) in [6, 6.07) is 9.03. The molecule has 6 heteroatoms. The van der Waals surface area contributed by atoms with E-state index in [2.05, 4.69) is 10.5 Å². The third-order valence-corrected chi connectivity index (χ3v) is 3.70. The fourth-order valence-electron chi connectivity index (χ4n) is 2.44. The summed E-state index contributed by atoms with van der Waals surface area (Å²) in [5.41, 5.74) is 2.35. The van der Waals surface area contributed by atoms with Crippen molar-refractivity contribution in [2.45, 2.75) is 39.2 Å². The van der Waals surface area contributed by atoms with Crippen LogP contribution in [0, 0.1) is 13.8 Å². The van der Waals surface area contributed by atoms with Gasteiger partial charge in [0, 0.05) is 12.0 Å². The highest BCUT2D eigenvalue weighted by Crippen LogP contribution is 2.19. The molecule has 1 amide bonds. The van der Waals surface area contributed by atoms with E-state index in [0.717, 1.165) is 11.1 Å². The van der Waals surface area contributed by atoms with Crippen molar-refractivity contribution >= 4 is 11.9 Å². The van der Waals surface area contributed by atoms with Crippen molar-refractivity contribution in [3.8, 4) is 0 Å². The molecule has 6 nitrogen and oxygen atoms in total. The van der Waals surface area contributed by atoms with E-state index in [0.29, 0.717) is 17.9 Å². The second-order valence-electron chi connectivity index (χ2n) is 5.44. The Morgan fingerprint density at radius 3 is 2.52 bits per heavy atom. The minimum absolute atomic E-state index is 0.00877. The van der Waals surface area contributed by atoms with Crippen LogP contribution in [0.2, 0.25) is 0 Å². The summed E-state index contributed by atoms with van der Waals surface area (Å²) in [6.07, 6.45) is 0.495. The maximum atomic E-state index is 12.3. The maximum Gasteiger partial charge on any atom is 0.303 e. The van der Waals surface area contributed by atoms with Gasteiger partial charge in [-0.25, -0.2) is 0 Å². The number of hydrogen-bond donors (Lipinski definition) is 2. The molecule has 0 bridgehead atoms. The summed E-state index contributed by atoms with van der Waals surface area (Å²) >= 11 is 0. The van der Waals surface area contributed by atoms with Crippen molar-refractivity contribution in [2.24, 2.45) is 0 Å². The molecule has 122 valence electrons. The van der Waals surface area contributed by atoms with Gasteiger partial charge in [-0.2, -0.15) is 0 Å². The van der Waals surface area contributed by atoms with Gasteiger partial charge in [-0.15, -0.1) is 0 Å². The fourth-order valence-corrected chi connectivity index (χ4v) is 2.44. The quantitative estimate of drug-likeness (QED) is 0.819. The number of aliphatic carboxylic acids is 1. The van der Waals surface area contributed by atoms with Crippen molar-refractivity contribution in [3.05, 3.63) is 52.9 Å². The molecule has 1 heterocycles. The molecule has 0 saturated heterocycles. The van der Waals surface area contributed by atoms with Gasteiger partial charge in [-0.3, -0.25) is 9.59 Å². The Bertz CT molecular complexity index is 660. The van der Waals surface area contributed by atoms with Crippen LogP contribution in [0.3, 0.4) is 0 Å². The molecule has 2 N–H and O–H groups in total. The molecule has 0 radical (unpaired) electrons. The lowest BCUT2D eigenvalue weighted by atomic mass is 10.0. The van der Waals surface area contributed by atoms with Gasteiger partial charge < -0.3 is 14.9 Å². The standard InChI is InChI=1S/C17H20N2O4/c1-11-14(12(2)23-19-11)10-16(20)18-15(8-9-17(21)22)13-6-4-3-5-7-13/h3-7,15H,8-10H2,1-2H3,(H,18,20)(H,21,22). The highest BCUT2D eigenvalue weighted by Gasteiger charge is 2.18. The van der Waals surface area contributed by atoms with Crippen LogP contribution < -0.4 is 5.32 Å². The Balaban J connectivity index is 2.07. The first-order valence-corrected chi connectivity index (χ1v) is 7.45. The summed E-state index contributed by atoms with van der Waals surface area (Å²) in [4.78, 5) is 23.1. The number of hydrogen-bond acceptors (Lipinski definition) is 4. The van der Waals surface area contributed by atoms with E-state index in [1.165, 1.54) is 0 Å². The molecule has 0 aliphatic carbocycles. The Morgan fingerprint density at radius 1 is 1.26 bits per heavy atom. The van der Waals surface area contributed by atoms with Gasteiger partial charge in [-0.05, 0) is 25.8 Å². The van der Waals surface area contributed by atoms with Crippen LogP contribution in [0.4, 0.5) is 0 Å². The third-order valence-electron chi connectivity index (χ3n) is 3.70. The highest BCUT2D eigenvalue weighted by atomic mass is 16.5. The second kappa shape index (κ2) is 7.58. The zero-order chi connectivity index (χ0) is 16.8. The number of amides is 1. The fraction of sp³-hybridized carbons (Fsp3) is 0.353. The first-order chi connectivity index (χ1) is 11.0. The lowest BCUT2D eigenvalue weighted by Gasteiger charge is -2.18. The molecule has 1 aromatic carbocycles. The van der Waals surface area contributed by atoms with Gasteiger partial charge >= 0.3 is 5.97 Å². The maximum absolute atomic E-state index is 12.3. The number of carbonyl (C=O) groups excluding carboxylic acids is 1. The molecular weight excluding hydrogens is 296 g/mol. The number of rotatable bonds is 7. The Kier molecular flexibility index (Phi) is 5.51. The molecule has 2 aromatic rings. The average Bonchev–Trinajstić information content (AvgIpc) is 2.84. The minimum Gasteiger partial charge on any atom is -0.481 e. The van der Waals surface area contributed by atoms with Gasteiger partial charge in [0.2, 0.25) is 5.91 Å². The number of carbonyl (C=O) groups is 2. The van der Waals surface area contributed by atoms with E-state index in [9.17, 15) is 9.59 Å². The number of carboxylic acid groups (broad SMARTS) is 1. The van der Waals surface area contributed by atoms with Gasteiger partial charge in [0.25, 0.3) is 0 Å². The van der Waals surface area contributed by atoms with Crippen LogP contribution in [0.15, 0.2) is 34.9 Å². The van der Waals surface area contributed by atoms with Crippen molar-refractivity contribution < 1.29 is 19.2 Å². The summed E-state index contributed by atoms with van der Waals surface area (Å²) in [5.74, 6) is -0.441. The zero-order valence-corrected chi connectivity index (χ0v) is 13.2. The van der Waals surface area contributed by atoms with Crippen molar-refractivity contribution in [3.63, 3.8) is 0 Å². The monoisotopic (exact) mass is 316 g/mol.